The monoisotopic (exact) mass is 351 g/mol. The van der Waals surface area contributed by atoms with Crippen LogP contribution < -0.4 is 15.4 Å². The van der Waals surface area contributed by atoms with Gasteiger partial charge >= 0.3 is 11.8 Å². The Bertz CT molecular complexity index is 857. The van der Waals surface area contributed by atoms with Crippen molar-refractivity contribution in [2.75, 3.05) is 17.7 Å². The van der Waals surface area contributed by atoms with Crippen LogP contribution >= 0.6 is 0 Å². The average Bonchev–Trinajstić information content (AvgIpc) is 2.57. The number of halogens is 2. The molecule has 2 aromatic carbocycles. The Kier molecular flexibility index (Phi) is 5.22. The molecule has 0 aliphatic rings. The second-order valence-electron chi connectivity index (χ2n) is 4.67. The molecule has 0 fully saturated rings. The molecule has 0 bridgehead atoms. The van der Waals surface area contributed by atoms with Gasteiger partial charge in [-0.15, -0.1) is 0 Å². The van der Waals surface area contributed by atoms with E-state index < -0.39 is 34.1 Å². The van der Waals surface area contributed by atoms with E-state index in [2.05, 4.69) is 5.32 Å². The summed E-state index contributed by atoms with van der Waals surface area (Å²) >= 11 is 0. The van der Waals surface area contributed by atoms with Crippen LogP contribution in [0.15, 0.2) is 36.4 Å². The smallest absolute Gasteiger partial charge is 0.314 e. The summed E-state index contributed by atoms with van der Waals surface area (Å²) in [6.07, 6.45) is 0. The topological polar surface area (TPSA) is 111 Å². The van der Waals surface area contributed by atoms with E-state index in [9.17, 15) is 28.5 Å². The van der Waals surface area contributed by atoms with Gasteiger partial charge in [-0.2, -0.15) is 0 Å². The summed E-state index contributed by atoms with van der Waals surface area (Å²) in [5.41, 5.74) is -0.843. The van der Waals surface area contributed by atoms with Crippen LogP contribution in [0.5, 0.6) is 5.75 Å². The van der Waals surface area contributed by atoms with Gasteiger partial charge in [0.1, 0.15) is 17.4 Å². The van der Waals surface area contributed by atoms with Crippen LogP contribution in [0.4, 0.5) is 25.8 Å². The van der Waals surface area contributed by atoms with Crippen molar-refractivity contribution in [1.29, 1.82) is 0 Å². The SMILES string of the molecule is COc1ccc([N+](=O)[O-])cc1NC(=O)C(=O)Nc1ccc(F)cc1F. The van der Waals surface area contributed by atoms with Crippen molar-refractivity contribution in [3.05, 3.63) is 58.1 Å². The van der Waals surface area contributed by atoms with Crippen molar-refractivity contribution < 1.29 is 28.0 Å². The van der Waals surface area contributed by atoms with Crippen molar-refractivity contribution in [3.63, 3.8) is 0 Å². The van der Waals surface area contributed by atoms with Crippen LogP contribution in [0.3, 0.4) is 0 Å². The number of hydrogen-bond acceptors (Lipinski definition) is 5. The molecule has 2 aromatic rings. The van der Waals surface area contributed by atoms with E-state index in [4.69, 9.17) is 4.74 Å². The number of benzene rings is 2. The van der Waals surface area contributed by atoms with E-state index in [0.717, 1.165) is 24.3 Å². The number of amides is 2. The minimum absolute atomic E-state index is 0.0831. The normalized spacial score (nSPS) is 10.0. The second kappa shape index (κ2) is 7.34. The highest BCUT2D eigenvalue weighted by molar-refractivity contribution is 6.43. The zero-order valence-corrected chi connectivity index (χ0v) is 12.7. The maximum absolute atomic E-state index is 13.5. The van der Waals surface area contributed by atoms with Crippen molar-refractivity contribution in [2.24, 2.45) is 0 Å². The van der Waals surface area contributed by atoms with Gasteiger partial charge in [-0.05, 0) is 18.2 Å². The summed E-state index contributed by atoms with van der Waals surface area (Å²) in [5, 5.41) is 14.9. The van der Waals surface area contributed by atoms with E-state index in [1.165, 1.54) is 13.2 Å². The third-order valence-electron chi connectivity index (χ3n) is 3.03. The molecule has 25 heavy (non-hydrogen) atoms. The second-order valence-corrected chi connectivity index (χ2v) is 4.67. The number of methoxy groups -OCH3 is 1. The summed E-state index contributed by atoms with van der Waals surface area (Å²) in [4.78, 5) is 33.8. The van der Waals surface area contributed by atoms with Gasteiger partial charge in [0.2, 0.25) is 0 Å². The lowest BCUT2D eigenvalue weighted by molar-refractivity contribution is -0.384. The molecular formula is C15H11F2N3O5. The molecule has 0 aliphatic carbocycles. The Labute approximate surface area is 139 Å². The van der Waals surface area contributed by atoms with E-state index in [1.54, 1.807) is 0 Å². The molecule has 0 aromatic heterocycles. The fourth-order valence-electron chi connectivity index (χ4n) is 1.86. The molecule has 2 N–H and O–H groups in total. The third kappa shape index (κ3) is 4.25. The Balaban J connectivity index is 2.17. The Morgan fingerprint density at radius 2 is 1.68 bits per heavy atom. The summed E-state index contributed by atoms with van der Waals surface area (Å²) in [7, 11) is 1.27. The molecular weight excluding hydrogens is 340 g/mol. The highest BCUT2D eigenvalue weighted by atomic mass is 19.1. The quantitative estimate of drug-likeness (QED) is 0.499. The molecule has 0 unspecified atom stereocenters. The van der Waals surface area contributed by atoms with Crippen LogP contribution in [-0.4, -0.2) is 23.8 Å². The Morgan fingerprint density at radius 1 is 1.04 bits per heavy atom. The lowest BCUT2D eigenvalue weighted by Crippen LogP contribution is -2.29. The number of anilines is 2. The first-order valence-electron chi connectivity index (χ1n) is 6.71. The summed E-state index contributed by atoms with van der Waals surface area (Å²) in [6.45, 7) is 0. The van der Waals surface area contributed by atoms with Crippen LogP contribution in [0.1, 0.15) is 0 Å². The van der Waals surface area contributed by atoms with Crippen molar-refractivity contribution in [2.45, 2.75) is 0 Å². The Hall–Kier alpha value is -3.56. The van der Waals surface area contributed by atoms with Gasteiger partial charge in [0.15, 0.2) is 0 Å². The minimum Gasteiger partial charge on any atom is -0.495 e. The van der Waals surface area contributed by atoms with Gasteiger partial charge in [-0.1, -0.05) is 0 Å². The third-order valence-corrected chi connectivity index (χ3v) is 3.03. The minimum atomic E-state index is -1.25. The number of hydrogen-bond donors (Lipinski definition) is 2. The van der Waals surface area contributed by atoms with Crippen LogP contribution in [-0.2, 0) is 9.59 Å². The Morgan fingerprint density at radius 3 is 2.24 bits per heavy atom. The van der Waals surface area contributed by atoms with Gasteiger partial charge < -0.3 is 15.4 Å². The fourth-order valence-corrected chi connectivity index (χ4v) is 1.86. The average molecular weight is 351 g/mol. The number of nitro groups is 1. The highest BCUT2D eigenvalue weighted by Gasteiger charge is 2.19. The lowest BCUT2D eigenvalue weighted by atomic mass is 10.2. The van der Waals surface area contributed by atoms with Crippen LogP contribution in [0.25, 0.3) is 0 Å². The van der Waals surface area contributed by atoms with Crippen molar-refractivity contribution in [3.8, 4) is 5.75 Å². The number of non-ortho nitro benzene ring substituents is 1. The zero-order chi connectivity index (χ0) is 18.6. The largest absolute Gasteiger partial charge is 0.495 e. The molecule has 2 amide bonds. The van der Waals surface area contributed by atoms with Gasteiger partial charge in [-0.25, -0.2) is 8.78 Å². The highest BCUT2D eigenvalue weighted by Crippen LogP contribution is 2.28. The molecule has 0 atom stereocenters. The fraction of sp³-hybridized carbons (Fsp3) is 0.0667. The molecule has 0 saturated carbocycles. The lowest BCUT2D eigenvalue weighted by Gasteiger charge is -2.10. The molecule has 130 valence electrons. The maximum atomic E-state index is 13.5. The maximum Gasteiger partial charge on any atom is 0.314 e. The summed E-state index contributed by atoms with van der Waals surface area (Å²) in [5.74, 6) is -4.29. The van der Waals surface area contributed by atoms with E-state index in [1.807, 2.05) is 5.32 Å². The number of carbonyl (C=O) groups is 2. The van der Waals surface area contributed by atoms with Crippen LogP contribution in [0.2, 0.25) is 0 Å². The number of ether oxygens (including phenoxy) is 1. The molecule has 0 radical (unpaired) electrons. The molecule has 10 heteroatoms. The summed E-state index contributed by atoms with van der Waals surface area (Å²) < 4.78 is 31.2. The molecule has 8 nitrogen and oxygen atoms in total. The predicted molar refractivity (Wildman–Crippen MR) is 83.3 cm³/mol. The molecule has 0 spiro atoms. The van der Waals surface area contributed by atoms with E-state index in [-0.39, 0.29) is 17.1 Å². The number of carbonyl (C=O) groups excluding carboxylic acids is 2. The summed E-state index contributed by atoms with van der Waals surface area (Å²) in [6, 6.07) is 5.79. The van der Waals surface area contributed by atoms with Gasteiger partial charge in [-0.3, -0.25) is 19.7 Å². The molecule has 0 heterocycles. The van der Waals surface area contributed by atoms with Crippen LogP contribution in [0, 0.1) is 21.7 Å². The number of rotatable bonds is 4. The molecule has 2 rings (SSSR count). The van der Waals surface area contributed by atoms with Gasteiger partial charge in [0.25, 0.3) is 5.69 Å². The predicted octanol–water partition coefficient (Wildman–Crippen LogP) is 2.46. The first-order valence-corrected chi connectivity index (χ1v) is 6.71. The standard InChI is InChI=1S/C15H11F2N3O5/c1-25-13-5-3-9(20(23)24)7-12(13)19-15(22)14(21)18-11-4-2-8(16)6-10(11)17/h2-7H,1H3,(H,18,21)(H,19,22). The molecule has 0 aliphatic heterocycles. The molecule has 0 saturated heterocycles. The number of nitrogens with one attached hydrogen (secondary N) is 2. The van der Waals surface area contributed by atoms with Crippen molar-refractivity contribution in [1.82, 2.24) is 0 Å². The van der Waals surface area contributed by atoms with E-state index in [0.29, 0.717) is 6.07 Å². The number of nitrogens with zero attached hydrogens (tertiary/aromatic N) is 1. The van der Waals surface area contributed by atoms with Gasteiger partial charge in [0, 0.05) is 18.2 Å². The van der Waals surface area contributed by atoms with E-state index >= 15 is 0 Å². The van der Waals surface area contributed by atoms with Gasteiger partial charge in [0.05, 0.1) is 23.4 Å². The first kappa shape index (κ1) is 17.8. The zero-order valence-electron chi connectivity index (χ0n) is 12.7. The number of nitro benzene ring substituents is 1. The first-order chi connectivity index (χ1) is 11.8. The van der Waals surface area contributed by atoms with Crippen molar-refractivity contribution >= 4 is 28.9 Å².